The molecule has 4 nitrogen and oxygen atoms in total. The largest absolute Gasteiger partial charge is 0.541 e. The predicted molar refractivity (Wildman–Crippen MR) is 111 cm³/mol. The average Bonchev–Trinajstić information content (AvgIpc) is 2.58. The number of hydrogen-bond donors (Lipinski definition) is 1. The average molecular weight is 422 g/mol. The van der Waals surface area contributed by atoms with Crippen LogP contribution in [-0.2, 0) is 4.57 Å². The van der Waals surface area contributed by atoms with E-state index in [1.165, 1.54) is 0 Å². The molecule has 0 saturated heterocycles. The summed E-state index contributed by atoms with van der Waals surface area (Å²) in [6.45, 7) is 3.84. The number of nitrogens with one attached hydrogen (secondary N) is 1. The zero-order chi connectivity index (χ0) is 19.4. The Balaban J connectivity index is 1.93. The van der Waals surface area contributed by atoms with Crippen LogP contribution in [0.15, 0.2) is 66.7 Å². The fourth-order valence-corrected chi connectivity index (χ4v) is 4.07. The van der Waals surface area contributed by atoms with Crippen molar-refractivity contribution in [3.63, 3.8) is 0 Å². The van der Waals surface area contributed by atoms with Crippen molar-refractivity contribution in [2.75, 3.05) is 5.09 Å². The molecular formula is C20H18Cl2NO3P. The summed E-state index contributed by atoms with van der Waals surface area (Å²) in [4.78, 5) is 0. The lowest BCUT2D eigenvalue weighted by atomic mass is 10.2. The van der Waals surface area contributed by atoms with Gasteiger partial charge in [0.2, 0.25) is 0 Å². The summed E-state index contributed by atoms with van der Waals surface area (Å²) in [5.74, 6) is 0.858. The van der Waals surface area contributed by atoms with Gasteiger partial charge in [0.15, 0.2) is 0 Å². The Morgan fingerprint density at radius 3 is 1.81 bits per heavy atom. The predicted octanol–water partition coefficient (Wildman–Crippen LogP) is 7.29. The molecule has 0 aliphatic carbocycles. The highest BCUT2D eigenvalue weighted by Crippen LogP contribution is 2.49. The van der Waals surface area contributed by atoms with Crippen molar-refractivity contribution in [2.45, 2.75) is 13.8 Å². The first-order valence-electron chi connectivity index (χ1n) is 8.19. The van der Waals surface area contributed by atoms with Crippen LogP contribution < -0.4 is 14.1 Å². The standard InChI is InChI=1S/C20H18Cl2NO3P/c1-14-5-3-7-17(11-14)25-27(24,26-18-8-4-6-15(2)12-18)23-16-9-10-19(21)20(22)13-16/h3-13H,1-2H3,(H,23,24). The molecule has 0 aliphatic rings. The Labute approximate surface area is 168 Å². The Kier molecular flexibility index (Phi) is 6.01. The van der Waals surface area contributed by atoms with Gasteiger partial charge in [0.05, 0.1) is 10.0 Å². The maximum absolute atomic E-state index is 13.5. The summed E-state index contributed by atoms with van der Waals surface area (Å²) < 4.78 is 25.0. The number of benzene rings is 3. The molecule has 0 aromatic heterocycles. The summed E-state index contributed by atoms with van der Waals surface area (Å²) in [5, 5.41) is 3.56. The molecule has 0 spiro atoms. The van der Waals surface area contributed by atoms with E-state index in [4.69, 9.17) is 32.2 Å². The van der Waals surface area contributed by atoms with Crippen LogP contribution in [-0.4, -0.2) is 0 Å². The Hall–Kier alpha value is -2.13. The summed E-state index contributed by atoms with van der Waals surface area (Å²) in [7, 11) is -3.81. The molecule has 3 rings (SSSR count). The topological polar surface area (TPSA) is 47.6 Å². The zero-order valence-electron chi connectivity index (χ0n) is 14.8. The normalized spacial score (nSPS) is 11.1. The van der Waals surface area contributed by atoms with Gasteiger partial charge >= 0.3 is 7.75 Å². The molecule has 0 saturated carbocycles. The number of aryl methyl sites for hydroxylation is 2. The van der Waals surface area contributed by atoms with Gasteiger partial charge in [-0.3, -0.25) is 5.09 Å². The second-order valence-corrected chi connectivity index (χ2v) is 8.45. The van der Waals surface area contributed by atoms with Crippen LogP contribution in [0.1, 0.15) is 11.1 Å². The smallest absolute Gasteiger partial charge is 0.400 e. The van der Waals surface area contributed by atoms with Gasteiger partial charge in [0.1, 0.15) is 11.5 Å². The lowest BCUT2D eigenvalue weighted by Gasteiger charge is -2.21. The third-order valence-electron chi connectivity index (χ3n) is 3.62. The Morgan fingerprint density at radius 2 is 1.33 bits per heavy atom. The van der Waals surface area contributed by atoms with Gasteiger partial charge in [-0.25, -0.2) is 4.57 Å². The third-order valence-corrected chi connectivity index (χ3v) is 5.79. The number of hydrogen-bond acceptors (Lipinski definition) is 3. The Bertz CT molecular complexity index is 959. The molecule has 1 N–H and O–H groups in total. The highest BCUT2D eigenvalue weighted by Gasteiger charge is 2.29. The van der Waals surface area contributed by atoms with E-state index in [0.717, 1.165) is 11.1 Å². The van der Waals surface area contributed by atoms with Crippen molar-refractivity contribution in [2.24, 2.45) is 0 Å². The lowest BCUT2D eigenvalue weighted by Crippen LogP contribution is -2.10. The van der Waals surface area contributed by atoms with E-state index in [9.17, 15) is 4.57 Å². The fraction of sp³-hybridized carbons (Fsp3) is 0.100. The number of anilines is 1. The van der Waals surface area contributed by atoms with E-state index in [-0.39, 0.29) is 0 Å². The van der Waals surface area contributed by atoms with Crippen LogP contribution in [0.5, 0.6) is 11.5 Å². The van der Waals surface area contributed by atoms with E-state index in [2.05, 4.69) is 5.09 Å². The highest BCUT2D eigenvalue weighted by molar-refractivity contribution is 7.56. The van der Waals surface area contributed by atoms with Gasteiger partial charge in [-0.2, -0.15) is 0 Å². The van der Waals surface area contributed by atoms with Crippen LogP contribution in [0.2, 0.25) is 10.0 Å². The first-order valence-corrected chi connectivity index (χ1v) is 10.5. The minimum absolute atomic E-state index is 0.333. The van der Waals surface area contributed by atoms with Crippen LogP contribution in [0.3, 0.4) is 0 Å². The molecule has 0 amide bonds. The molecule has 0 heterocycles. The first-order chi connectivity index (χ1) is 12.8. The summed E-state index contributed by atoms with van der Waals surface area (Å²) in [6, 6.07) is 19.3. The molecule has 0 unspecified atom stereocenters. The van der Waals surface area contributed by atoms with Crippen molar-refractivity contribution in [3.8, 4) is 11.5 Å². The SMILES string of the molecule is Cc1cccc(OP(=O)(Nc2ccc(Cl)c(Cl)c2)Oc2cccc(C)c2)c1. The minimum atomic E-state index is -3.81. The van der Waals surface area contributed by atoms with E-state index >= 15 is 0 Å². The van der Waals surface area contributed by atoms with Crippen LogP contribution in [0, 0.1) is 13.8 Å². The quantitative estimate of drug-likeness (QED) is 0.424. The molecule has 7 heteroatoms. The second kappa shape index (κ2) is 8.26. The third kappa shape index (κ3) is 5.43. The minimum Gasteiger partial charge on any atom is -0.400 e. The van der Waals surface area contributed by atoms with Crippen molar-refractivity contribution >= 4 is 36.6 Å². The summed E-state index contributed by atoms with van der Waals surface area (Å²) >= 11 is 12.0. The van der Waals surface area contributed by atoms with E-state index < -0.39 is 7.75 Å². The molecule has 0 fully saturated rings. The number of halogens is 2. The maximum atomic E-state index is 13.5. The monoisotopic (exact) mass is 421 g/mol. The van der Waals surface area contributed by atoms with Gasteiger partial charge in [0.25, 0.3) is 0 Å². The molecule has 3 aromatic carbocycles. The van der Waals surface area contributed by atoms with Gasteiger partial charge < -0.3 is 9.05 Å². The van der Waals surface area contributed by atoms with E-state index in [1.54, 1.807) is 42.5 Å². The van der Waals surface area contributed by atoms with Crippen LogP contribution in [0.4, 0.5) is 5.69 Å². The molecule has 0 aliphatic heterocycles. The molecular weight excluding hydrogens is 404 g/mol. The molecule has 27 heavy (non-hydrogen) atoms. The number of rotatable bonds is 6. The summed E-state index contributed by atoms with van der Waals surface area (Å²) in [5.41, 5.74) is 2.42. The van der Waals surface area contributed by atoms with Gasteiger partial charge in [-0.1, -0.05) is 47.5 Å². The van der Waals surface area contributed by atoms with E-state index in [1.807, 2.05) is 38.1 Å². The van der Waals surface area contributed by atoms with Crippen molar-refractivity contribution in [3.05, 3.63) is 87.9 Å². The second-order valence-electron chi connectivity index (χ2n) is 6.05. The molecule has 140 valence electrons. The van der Waals surface area contributed by atoms with Crippen LogP contribution in [0.25, 0.3) is 0 Å². The fourth-order valence-electron chi connectivity index (χ4n) is 2.41. The van der Waals surface area contributed by atoms with Gasteiger partial charge in [-0.15, -0.1) is 0 Å². The molecule has 0 bridgehead atoms. The van der Waals surface area contributed by atoms with Crippen molar-refractivity contribution < 1.29 is 13.6 Å². The molecule has 0 radical (unpaired) electrons. The lowest BCUT2D eigenvalue weighted by molar-refractivity contribution is 0.392. The van der Waals surface area contributed by atoms with E-state index in [0.29, 0.717) is 27.2 Å². The molecule has 0 atom stereocenters. The van der Waals surface area contributed by atoms with Crippen LogP contribution >= 0.6 is 30.9 Å². The van der Waals surface area contributed by atoms with Gasteiger partial charge in [-0.05, 0) is 67.4 Å². The maximum Gasteiger partial charge on any atom is 0.541 e. The first kappa shape index (κ1) is 19.6. The Morgan fingerprint density at radius 1 is 0.778 bits per heavy atom. The summed E-state index contributed by atoms with van der Waals surface area (Å²) in [6.07, 6.45) is 0. The van der Waals surface area contributed by atoms with Gasteiger partial charge in [0, 0.05) is 5.69 Å². The van der Waals surface area contributed by atoms with Crippen molar-refractivity contribution in [1.82, 2.24) is 0 Å². The molecule has 3 aromatic rings. The van der Waals surface area contributed by atoms with Crippen molar-refractivity contribution in [1.29, 1.82) is 0 Å². The highest BCUT2D eigenvalue weighted by atomic mass is 35.5. The zero-order valence-corrected chi connectivity index (χ0v) is 17.2.